The summed E-state index contributed by atoms with van der Waals surface area (Å²) in [5.41, 5.74) is -2.03. The number of carboxylic acids is 1. The van der Waals surface area contributed by atoms with Crippen LogP contribution in [0.2, 0.25) is 0 Å². The van der Waals surface area contributed by atoms with Gasteiger partial charge in [0.1, 0.15) is 5.75 Å². The Bertz CT molecular complexity index is 919. The van der Waals surface area contributed by atoms with Gasteiger partial charge in [-0.15, -0.1) is 0 Å². The van der Waals surface area contributed by atoms with E-state index in [1.165, 1.54) is 0 Å². The molecule has 1 amide bonds. The molecule has 2 atom stereocenters. The van der Waals surface area contributed by atoms with Crippen molar-refractivity contribution in [2.24, 2.45) is 11.3 Å². The van der Waals surface area contributed by atoms with Crippen molar-refractivity contribution in [3.05, 3.63) is 42.5 Å². The van der Waals surface area contributed by atoms with Crippen LogP contribution < -0.4 is 4.74 Å². The third-order valence-corrected chi connectivity index (χ3v) is 6.05. The average molecular weight is 383 g/mol. The van der Waals surface area contributed by atoms with Crippen LogP contribution in [0.25, 0.3) is 10.8 Å². The number of hydrogen-bond donors (Lipinski definition) is 1. The topological polar surface area (TPSA) is 76.1 Å². The van der Waals surface area contributed by atoms with E-state index in [4.69, 9.17) is 9.47 Å². The van der Waals surface area contributed by atoms with Gasteiger partial charge in [0, 0.05) is 31.0 Å². The highest BCUT2D eigenvalue weighted by Crippen LogP contribution is 2.43. The number of amides is 1. The number of rotatable bonds is 4. The van der Waals surface area contributed by atoms with Crippen LogP contribution in [0.15, 0.2) is 42.5 Å². The SMILES string of the molecule is CC(C)(Oc1cccc2ccccc12)C(=O)N1C[C@@H]2COCC[C@]2(C(=O)O)C1. The van der Waals surface area contributed by atoms with E-state index >= 15 is 0 Å². The van der Waals surface area contributed by atoms with Crippen molar-refractivity contribution >= 4 is 22.6 Å². The molecule has 2 saturated heterocycles. The molecule has 4 rings (SSSR count). The Morgan fingerprint density at radius 2 is 1.96 bits per heavy atom. The van der Waals surface area contributed by atoms with Crippen LogP contribution in [-0.2, 0) is 14.3 Å². The number of hydrogen-bond acceptors (Lipinski definition) is 4. The zero-order valence-corrected chi connectivity index (χ0v) is 16.2. The maximum absolute atomic E-state index is 13.3. The Morgan fingerprint density at radius 1 is 1.21 bits per heavy atom. The maximum Gasteiger partial charge on any atom is 0.311 e. The number of nitrogens with zero attached hydrogens (tertiary/aromatic N) is 1. The van der Waals surface area contributed by atoms with Gasteiger partial charge in [0.25, 0.3) is 5.91 Å². The highest BCUT2D eigenvalue weighted by molar-refractivity contribution is 5.90. The first-order valence-electron chi connectivity index (χ1n) is 9.61. The second-order valence-corrected chi connectivity index (χ2v) is 8.26. The molecule has 2 aromatic rings. The molecule has 2 heterocycles. The Morgan fingerprint density at radius 3 is 2.71 bits per heavy atom. The first-order chi connectivity index (χ1) is 13.3. The molecule has 0 saturated carbocycles. The number of likely N-dealkylation sites (tertiary alicyclic amines) is 1. The molecule has 2 fully saturated rings. The fraction of sp³-hybridized carbons (Fsp3) is 0.455. The summed E-state index contributed by atoms with van der Waals surface area (Å²) in [5.74, 6) is -0.584. The molecule has 1 N–H and O–H groups in total. The molecule has 0 spiro atoms. The van der Waals surface area contributed by atoms with Crippen molar-refractivity contribution in [2.75, 3.05) is 26.3 Å². The van der Waals surface area contributed by atoms with E-state index in [1.807, 2.05) is 42.5 Å². The Hall–Kier alpha value is -2.60. The molecular weight excluding hydrogens is 358 g/mol. The van der Waals surface area contributed by atoms with E-state index in [2.05, 4.69) is 0 Å². The Balaban J connectivity index is 1.58. The van der Waals surface area contributed by atoms with Crippen LogP contribution in [0.1, 0.15) is 20.3 Å². The number of aliphatic carboxylic acids is 1. The molecule has 148 valence electrons. The normalized spacial score (nSPS) is 24.8. The van der Waals surface area contributed by atoms with Gasteiger partial charge in [0.2, 0.25) is 0 Å². The van der Waals surface area contributed by atoms with Gasteiger partial charge in [-0.1, -0.05) is 36.4 Å². The largest absolute Gasteiger partial charge is 0.481 e. The van der Waals surface area contributed by atoms with Crippen molar-refractivity contribution in [1.82, 2.24) is 4.90 Å². The lowest BCUT2D eigenvalue weighted by molar-refractivity contribution is -0.157. The quantitative estimate of drug-likeness (QED) is 0.879. The van der Waals surface area contributed by atoms with Crippen molar-refractivity contribution in [3.8, 4) is 5.75 Å². The first kappa shape index (κ1) is 18.7. The Kier molecular flexibility index (Phi) is 4.54. The molecule has 0 radical (unpaired) electrons. The summed E-state index contributed by atoms with van der Waals surface area (Å²) in [5, 5.41) is 11.8. The summed E-state index contributed by atoms with van der Waals surface area (Å²) in [6.07, 6.45) is 0.432. The minimum absolute atomic E-state index is 0.184. The zero-order chi connectivity index (χ0) is 19.9. The third kappa shape index (κ3) is 3.02. The smallest absolute Gasteiger partial charge is 0.311 e. The summed E-state index contributed by atoms with van der Waals surface area (Å²) in [6, 6.07) is 13.6. The van der Waals surface area contributed by atoms with Gasteiger partial charge in [-0.2, -0.15) is 0 Å². The van der Waals surface area contributed by atoms with E-state index in [9.17, 15) is 14.7 Å². The summed E-state index contributed by atoms with van der Waals surface area (Å²) >= 11 is 0. The fourth-order valence-electron chi connectivity index (χ4n) is 4.44. The summed E-state index contributed by atoms with van der Waals surface area (Å²) in [4.78, 5) is 26.9. The molecule has 0 aromatic heterocycles. The predicted octanol–water partition coefficient (Wildman–Crippen LogP) is 2.95. The summed E-state index contributed by atoms with van der Waals surface area (Å²) in [7, 11) is 0. The van der Waals surface area contributed by atoms with E-state index in [-0.39, 0.29) is 18.4 Å². The van der Waals surface area contributed by atoms with Gasteiger partial charge in [-0.05, 0) is 31.7 Å². The zero-order valence-electron chi connectivity index (χ0n) is 16.2. The van der Waals surface area contributed by atoms with E-state index < -0.39 is 17.0 Å². The lowest BCUT2D eigenvalue weighted by atomic mass is 9.74. The van der Waals surface area contributed by atoms with Gasteiger partial charge < -0.3 is 19.5 Å². The average Bonchev–Trinajstić information content (AvgIpc) is 3.08. The minimum atomic E-state index is -1.11. The molecule has 28 heavy (non-hydrogen) atoms. The van der Waals surface area contributed by atoms with Crippen LogP contribution in [-0.4, -0.2) is 53.8 Å². The van der Waals surface area contributed by atoms with Crippen LogP contribution in [0, 0.1) is 11.3 Å². The van der Waals surface area contributed by atoms with Gasteiger partial charge in [-0.3, -0.25) is 9.59 Å². The van der Waals surface area contributed by atoms with Crippen molar-refractivity contribution in [3.63, 3.8) is 0 Å². The van der Waals surface area contributed by atoms with Gasteiger partial charge in [0.05, 0.1) is 12.0 Å². The highest BCUT2D eigenvalue weighted by Gasteiger charge is 2.56. The molecule has 6 heteroatoms. The van der Waals surface area contributed by atoms with E-state index in [0.717, 1.165) is 10.8 Å². The van der Waals surface area contributed by atoms with Crippen LogP contribution in [0.3, 0.4) is 0 Å². The number of carbonyl (C=O) groups is 2. The van der Waals surface area contributed by atoms with Crippen molar-refractivity contribution in [1.29, 1.82) is 0 Å². The maximum atomic E-state index is 13.3. The lowest BCUT2D eigenvalue weighted by Crippen LogP contribution is -2.49. The Labute approximate surface area is 164 Å². The molecule has 0 aliphatic carbocycles. The minimum Gasteiger partial charge on any atom is -0.481 e. The second kappa shape index (κ2) is 6.78. The van der Waals surface area contributed by atoms with Crippen LogP contribution in [0.4, 0.5) is 0 Å². The van der Waals surface area contributed by atoms with Gasteiger partial charge >= 0.3 is 5.97 Å². The molecular formula is C22H25NO5. The number of fused-ring (bicyclic) bond motifs is 2. The monoisotopic (exact) mass is 383 g/mol. The summed E-state index contributed by atoms with van der Waals surface area (Å²) in [6.45, 7) is 4.86. The first-order valence-corrected chi connectivity index (χ1v) is 9.61. The summed E-state index contributed by atoms with van der Waals surface area (Å²) < 4.78 is 11.6. The standard InChI is InChI=1S/C22H25NO5/c1-21(2,28-18-9-5-7-15-6-3-4-8-17(15)18)19(24)23-12-16-13-27-11-10-22(16,14-23)20(25)26/h3-9,16H,10-14H2,1-2H3,(H,25,26)/t16-,22+/m1/s1. The van der Waals surface area contributed by atoms with Crippen molar-refractivity contribution in [2.45, 2.75) is 25.9 Å². The molecule has 2 aliphatic heterocycles. The number of benzene rings is 2. The van der Waals surface area contributed by atoms with Crippen molar-refractivity contribution < 1.29 is 24.2 Å². The molecule has 2 aromatic carbocycles. The second-order valence-electron chi connectivity index (χ2n) is 8.26. The number of carbonyl (C=O) groups excluding carboxylic acids is 1. The van der Waals surface area contributed by atoms with Crippen LogP contribution in [0.5, 0.6) is 5.75 Å². The predicted molar refractivity (Wildman–Crippen MR) is 104 cm³/mol. The highest BCUT2D eigenvalue weighted by atomic mass is 16.5. The van der Waals surface area contributed by atoms with E-state index in [1.54, 1.807) is 18.7 Å². The van der Waals surface area contributed by atoms with E-state index in [0.29, 0.717) is 31.9 Å². The third-order valence-electron chi connectivity index (χ3n) is 6.05. The molecule has 6 nitrogen and oxygen atoms in total. The van der Waals surface area contributed by atoms with Gasteiger partial charge in [-0.25, -0.2) is 0 Å². The molecule has 2 aliphatic rings. The lowest BCUT2D eigenvalue weighted by Gasteiger charge is -2.34. The van der Waals surface area contributed by atoms with Crippen LogP contribution >= 0.6 is 0 Å². The number of carboxylic acid groups (broad SMARTS) is 1. The molecule has 0 unspecified atom stereocenters. The number of ether oxygens (including phenoxy) is 2. The van der Waals surface area contributed by atoms with Gasteiger partial charge in [0.15, 0.2) is 5.60 Å². The fourth-order valence-corrected chi connectivity index (χ4v) is 4.44. The molecule has 0 bridgehead atoms.